The molecule has 2 aromatic carbocycles. The van der Waals surface area contributed by atoms with Crippen molar-refractivity contribution < 1.29 is 4.74 Å². The topological polar surface area (TPSA) is 27.7 Å². The van der Waals surface area contributed by atoms with Crippen molar-refractivity contribution in [2.75, 3.05) is 46.3 Å². The van der Waals surface area contributed by atoms with Gasteiger partial charge in [-0.15, -0.1) is 0 Å². The molecule has 1 heterocycles. The molecule has 0 aromatic heterocycles. The Balaban J connectivity index is 1.17. The Morgan fingerprint density at radius 2 is 1.86 bits per heavy atom. The summed E-state index contributed by atoms with van der Waals surface area (Å²) in [6, 6.07) is 17.0. The molecule has 150 valence electrons. The Morgan fingerprint density at radius 1 is 1.07 bits per heavy atom. The Hall–Kier alpha value is -1.59. The predicted molar refractivity (Wildman–Crippen MR) is 115 cm³/mol. The fourth-order valence-corrected chi connectivity index (χ4v) is 4.09. The number of likely N-dealkylation sites (N-methyl/N-ethyl adjacent to an activating group) is 1. The second kappa shape index (κ2) is 9.27. The van der Waals surface area contributed by atoms with Gasteiger partial charge >= 0.3 is 0 Å². The van der Waals surface area contributed by atoms with Crippen molar-refractivity contribution in [3.63, 3.8) is 0 Å². The Morgan fingerprint density at radius 3 is 2.61 bits per heavy atom. The van der Waals surface area contributed by atoms with Crippen LogP contribution in [-0.2, 0) is 6.61 Å². The molecule has 2 aliphatic rings. The molecule has 5 heteroatoms. The standard InChI is InChI=1S/C23H30ClN3O/c1-26-11-13-27(14-12-26)10-9-25-23-16-22(23)19-5-7-21(8-6-19)28-17-18-3-2-4-20(24)15-18/h2-8,15,22-23,25H,9-14,16-17H2,1H3/t22-,23+/m0/s1. The van der Waals surface area contributed by atoms with Gasteiger partial charge in [-0.2, -0.15) is 0 Å². The van der Waals surface area contributed by atoms with Gasteiger partial charge in [0.05, 0.1) is 0 Å². The average molecular weight is 400 g/mol. The van der Waals surface area contributed by atoms with Gasteiger partial charge in [-0.05, 0) is 48.9 Å². The lowest BCUT2D eigenvalue weighted by molar-refractivity contribution is 0.154. The minimum atomic E-state index is 0.541. The molecule has 4 rings (SSSR count). The Labute approximate surface area is 173 Å². The Kier molecular flexibility index (Phi) is 6.53. The third-order valence-corrected chi connectivity index (χ3v) is 6.06. The van der Waals surface area contributed by atoms with Crippen molar-refractivity contribution in [3.05, 3.63) is 64.7 Å². The number of halogens is 1. The lowest BCUT2D eigenvalue weighted by atomic mass is 10.1. The summed E-state index contributed by atoms with van der Waals surface area (Å²) in [7, 11) is 2.21. The van der Waals surface area contributed by atoms with Crippen molar-refractivity contribution in [3.8, 4) is 5.75 Å². The number of nitrogens with zero attached hydrogens (tertiary/aromatic N) is 2. The van der Waals surface area contributed by atoms with E-state index in [0.717, 1.165) is 29.4 Å². The maximum atomic E-state index is 6.02. The van der Waals surface area contributed by atoms with Crippen LogP contribution in [0.1, 0.15) is 23.5 Å². The van der Waals surface area contributed by atoms with Crippen LogP contribution in [-0.4, -0.2) is 62.2 Å². The fraction of sp³-hybridized carbons (Fsp3) is 0.478. The molecule has 0 unspecified atom stereocenters. The van der Waals surface area contributed by atoms with E-state index in [4.69, 9.17) is 16.3 Å². The average Bonchev–Trinajstić information content (AvgIpc) is 3.48. The van der Waals surface area contributed by atoms with E-state index in [9.17, 15) is 0 Å². The lowest BCUT2D eigenvalue weighted by Crippen LogP contribution is -2.46. The van der Waals surface area contributed by atoms with E-state index >= 15 is 0 Å². The van der Waals surface area contributed by atoms with Crippen molar-refractivity contribution in [1.82, 2.24) is 15.1 Å². The molecule has 2 fully saturated rings. The lowest BCUT2D eigenvalue weighted by Gasteiger charge is -2.32. The van der Waals surface area contributed by atoms with Gasteiger partial charge in [-0.1, -0.05) is 35.9 Å². The minimum absolute atomic E-state index is 0.541. The first-order valence-electron chi connectivity index (χ1n) is 10.3. The first-order valence-corrected chi connectivity index (χ1v) is 10.7. The summed E-state index contributed by atoms with van der Waals surface area (Å²) in [5, 5.41) is 4.48. The van der Waals surface area contributed by atoms with Crippen LogP contribution >= 0.6 is 11.6 Å². The highest BCUT2D eigenvalue weighted by Crippen LogP contribution is 2.41. The van der Waals surface area contributed by atoms with Crippen LogP contribution in [0.15, 0.2) is 48.5 Å². The molecule has 0 bridgehead atoms. The molecule has 1 saturated heterocycles. The van der Waals surface area contributed by atoms with Crippen molar-refractivity contribution >= 4 is 11.6 Å². The van der Waals surface area contributed by atoms with Gasteiger partial charge in [0.2, 0.25) is 0 Å². The van der Waals surface area contributed by atoms with E-state index in [-0.39, 0.29) is 0 Å². The highest BCUT2D eigenvalue weighted by atomic mass is 35.5. The van der Waals surface area contributed by atoms with Gasteiger partial charge in [-0.3, -0.25) is 4.90 Å². The highest BCUT2D eigenvalue weighted by Gasteiger charge is 2.37. The summed E-state index contributed by atoms with van der Waals surface area (Å²) in [5.74, 6) is 1.55. The minimum Gasteiger partial charge on any atom is -0.489 e. The van der Waals surface area contributed by atoms with Gasteiger partial charge < -0.3 is 15.0 Å². The molecule has 1 saturated carbocycles. The summed E-state index contributed by atoms with van der Waals surface area (Å²) in [6.45, 7) is 7.57. The number of nitrogens with one attached hydrogen (secondary N) is 1. The van der Waals surface area contributed by atoms with Gasteiger partial charge in [0, 0.05) is 56.3 Å². The quantitative estimate of drug-likeness (QED) is 0.733. The maximum absolute atomic E-state index is 6.02. The van der Waals surface area contributed by atoms with Crippen molar-refractivity contribution in [1.29, 1.82) is 0 Å². The van der Waals surface area contributed by atoms with Crippen molar-refractivity contribution in [2.24, 2.45) is 0 Å². The summed E-state index contributed by atoms with van der Waals surface area (Å²) < 4.78 is 5.89. The molecular weight excluding hydrogens is 370 g/mol. The normalized spacial score (nSPS) is 22.9. The third kappa shape index (κ3) is 5.48. The number of hydrogen-bond donors (Lipinski definition) is 1. The van der Waals surface area contributed by atoms with Crippen LogP contribution in [0.4, 0.5) is 0 Å². The second-order valence-electron chi connectivity index (χ2n) is 8.04. The van der Waals surface area contributed by atoms with E-state index in [1.807, 2.05) is 24.3 Å². The molecule has 0 spiro atoms. The van der Waals surface area contributed by atoms with Gasteiger partial charge in [0.25, 0.3) is 0 Å². The molecule has 1 aliphatic heterocycles. The fourth-order valence-electron chi connectivity index (χ4n) is 3.87. The first-order chi connectivity index (χ1) is 13.7. The highest BCUT2D eigenvalue weighted by molar-refractivity contribution is 6.30. The zero-order chi connectivity index (χ0) is 19.3. The SMILES string of the molecule is CN1CCN(CCN[C@@H]2C[C@H]2c2ccc(OCc3cccc(Cl)c3)cc2)CC1. The van der Waals surface area contributed by atoms with E-state index in [0.29, 0.717) is 18.6 Å². The van der Waals surface area contributed by atoms with E-state index in [2.05, 4.69) is 46.4 Å². The molecular formula is C23H30ClN3O. The van der Waals surface area contributed by atoms with Gasteiger partial charge in [0.15, 0.2) is 0 Å². The molecule has 1 N–H and O–H groups in total. The molecule has 4 nitrogen and oxygen atoms in total. The van der Waals surface area contributed by atoms with Crippen LogP contribution in [0.5, 0.6) is 5.75 Å². The van der Waals surface area contributed by atoms with Gasteiger partial charge in [0.1, 0.15) is 12.4 Å². The molecule has 2 aromatic rings. The van der Waals surface area contributed by atoms with Crippen LogP contribution in [0.3, 0.4) is 0 Å². The molecule has 28 heavy (non-hydrogen) atoms. The van der Waals surface area contributed by atoms with Crippen LogP contribution in [0, 0.1) is 0 Å². The predicted octanol–water partition coefficient (Wildman–Crippen LogP) is 3.61. The first kappa shape index (κ1) is 19.7. The second-order valence-corrected chi connectivity index (χ2v) is 8.47. The smallest absolute Gasteiger partial charge is 0.119 e. The molecule has 1 aliphatic carbocycles. The number of benzene rings is 2. The molecule has 0 radical (unpaired) electrons. The summed E-state index contributed by atoms with van der Waals surface area (Å²) >= 11 is 6.02. The summed E-state index contributed by atoms with van der Waals surface area (Å²) in [4.78, 5) is 4.97. The molecule has 2 atom stereocenters. The van der Waals surface area contributed by atoms with Crippen LogP contribution in [0.25, 0.3) is 0 Å². The van der Waals surface area contributed by atoms with E-state index in [1.54, 1.807) is 0 Å². The number of ether oxygens (including phenoxy) is 1. The molecule has 0 amide bonds. The Bertz CT molecular complexity index is 759. The zero-order valence-electron chi connectivity index (χ0n) is 16.6. The van der Waals surface area contributed by atoms with E-state index < -0.39 is 0 Å². The van der Waals surface area contributed by atoms with Gasteiger partial charge in [-0.25, -0.2) is 0 Å². The summed E-state index contributed by atoms with van der Waals surface area (Å²) in [5.41, 5.74) is 2.50. The van der Waals surface area contributed by atoms with Crippen LogP contribution in [0.2, 0.25) is 5.02 Å². The maximum Gasteiger partial charge on any atom is 0.119 e. The van der Waals surface area contributed by atoms with E-state index in [1.165, 1.54) is 38.2 Å². The zero-order valence-corrected chi connectivity index (χ0v) is 17.4. The summed E-state index contributed by atoms with van der Waals surface area (Å²) in [6.07, 6.45) is 1.24. The largest absolute Gasteiger partial charge is 0.489 e. The van der Waals surface area contributed by atoms with Crippen molar-refractivity contribution in [2.45, 2.75) is 25.0 Å². The number of piperazine rings is 1. The third-order valence-electron chi connectivity index (χ3n) is 5.82. The van der Waals surface area contributed by atoms with Crippen LogP contribution < -0.4 is 10.1 Å². The number of rotatable bonds is 8. The number of hydrogen-bond acceptors (Lipinski definition) is 4. The monoisotopic (exact) mass is 399 g/mol.